The molecule has 5 nitrogen and oxygen atoms in total. The number of hydrogen-bond acceptors (Lipinski definition) is 3. The van der Waals surface area contributed by atoms with Crippen LogP contribution in [0, 0.1) is 0 Å². The van der Waals surface area contributed by atoms with Crippen molar-refractivity contribution in [2.24, 2.45) is 0 Å². The summed E-state index contributed by atoms with van der Waals surface area (Å²) < 4.78 is 5.45. The monoisotopic (exact) mass is 339 g/mol. The zero-order valence-electron chi connectivity index (χ0n) is 13.9. The van der Waals surface area contributed by atoms with Crippen molar-refractivity contribution >= 4 is 11.9 Å². The van der Waals surface area contributed by atoms with E-state index >= 15 is 0 Å². The molecule has 130 valence electrons. The van der Waals surface area contributed by atoms with E-state index < -0.39 is 5.97 Å². The molecule has 25 heavy (non-hydrogen) atoms. The minimum absolute atomic E-state index is 0.0321. The quantitative estimate of drug-likeness (QED) is 0.879. The number of benzene rings is 2. The summed E-state index contributed by atoms with van der Waals surface area (Å²) in [7, 11) is 0. The van der Waals surface area contributed by atoms with Gasteiger partial charge < -0.3 is 14.7 Å². The number of amides is 1. The largest absolute Gasteiger partial charge is 0.478 e. The highest BCUT2D eigenvalue weighted by atomic mass is 16.5. The smallest absolute Gasteiger partial charge is 0.335 e. The third-order valence-corrected chi connectivity index (χ3v) is 4.45. The van der Waals surface area contributed by atoms with Crippen molar-refractivity contribution in [1.82, 2.24) is 4.90 Å². The van der Waals surface area contributed by atoms with Crippen LogP contribution >= 0.6 is 0 Å². The molecule has 0 saturated carbocycles. The van der Waals surface area contributed by atoms with Gasteiger partial charge in [0.25, 0.3) is 5.91 Å². The Morgan fingerprint density at radius 3 is 2.52 bits per heavy atom. The fourth-order valence-corrected chi connectivity index (χ4v) is 3.06. The third-order valence-electron chi connectivity index (χ3n) is 4.45. The molecule has 1 aliphatic heterocycles. The highest BCUT2D eigenvalue weighted by Crippen LogP contribution is 2.18. The summed E-state index contributed by atoms with van der Waals surface area (Å²) in [4.78, 5) is 26.0. The van der Waals surface area contributed by atoms with Crippen molar-refractivity contribution in [3.63, 3.8) is 0 Å². The number of carboxylic acid groups (broad SMARTS) is 1. The molecule has 0 spiro atoms. The first kappa shape index (κ1) is 17.2. The molecule has 1 unspecified atom stereocenters. The Hall–Kier alpha value is -2.66. The van der Waals surface area contributed by atoms with Crippen LogP contribution in [0.4, 0.5) is 0 Å². The summed E-state index contributed by atoms with van der Waals surface area (Å²) >= 11 is 0. The van der Waals surface area contributed by atoms with Crippen molar-refractivity contribution in [2.75, 3.05) is 19.8 Å². The van der Waals surface area contributed by atoms with Crippen LogP contribution in [0.25, 0.3) is 0 Å². The Morgan fingerprint density at radius 1 is 1.08 bits per heavy atom. The maximum Gasteiger partial charge on any atom is 0.335 e. The molecule has 1 aliphatic rings. The van der Waals surface area contributed by atoms with Gasteiger partial charge in [0.2, 0.25) is 0 Å². The molecule has 5 heteroatoms. The molecule has 1 heterocycles. The first-order valence-electron chi connectivity index (χ1n) is 8.41. The number of carboxylic acids is 1. The van der Waals surface area contributed by atoms with Crippen LogP contribution in [0.15, 0.2) is 54.6 Å². The first-order chi connectivity index (χ1) is 12.1. The lowest BCUT2D eigenvalue weighted by molar-refractivity contribution is 0.0656. The van der Waals surface area contributed by atoms with Crippen LogP contribution in [0.1, 0.15) is 32.7 Å². The normalized spacial score (nSPS) is 16.6. The van der Waals surface area contributed by atoms with Gasteiger partial charge in [-0.25, -0.2) is 4.79 Å². The number of rotatable bonds is 6. The van der Waals surface area contributed by atoms with Crippen molar-refractivity contribution in [3.05, 3.63) is 71.3 Å². The molecule has 2 aromatic carbocycles. The van der Waals surface area contributed by atoms with Crippen molar-refractivity contribution in [2.45, 2.75) is 18.9 Å². The second-order valence-corrected chi connectivity index (χ2v) is 6.14. The number of nitrogens with zero attached hydrogens (tertiary/aromatic N) is 1. The van der Waals surface area contributed by atoms with Crippen LogP contribution < -0.4 is 0 Å². The average molecular weight is 339 g/mol. The number of hydrogen-bond donors (Lipinski definition) is 1. The van der Waals surface area contributed by atoms with E-state index in [0.29, 0.717) is 25.3 Å². The van der Waals surface area contributed by atoms with E-state index in [1.807, 2.05) is 35.2 Å². The van der Waals surface area contributed by atoms with E-state index in [9.17, 15) is 9.59 Å². The Balaban J connectivity index is 1.79. The van der Waals surface area contributed by atoms with Gasteiger partial charge in [-0.05, 0) is 36.6 Å². The summed E-state index contributed by atoms with van der Waals surface area (Å²) in [6.07, 6.45) is 1.56. The molecule has 0 bridgehead atoms. The highest BCUT2D eigenvalue weighted by molar-refractivity contribution is 5.97. The predicted molar refractivity (Wildman–Crippen MR) is 93.8 cm³/mol. The van der Waals surface area contributed by atoms with Gasteiger partial charge >= 0.3 is 5.97 Å². The van der Waals surface area contributed by atoms with Gasteiger partial charge in [0, 0.05) is 18.7 Å². The Labute approximate surface area is 146 Å². The third kappa shape index (κ3) is 4.25. The lowest BCUT2D eigenvalue weighted by Gasteiger charge is -2.28. The van der Waals surface area contributed by atoms with Crippen LogP contribution in [-0.2, 0) is 11.2 Å². The molecule has 3 rings (SSSR count). The second-order valence-electron chi connectivity index (χ2n) is 6.14. The summed E-state index contributed by atoms with van der Waals surface area (Å²) in [6.45, 7) is 1.75. The van der Waals surface area contributed by atoms with Crippen LogP contribution in [0.2, 0.25) is 0 Å². The molecule has 0 radical (unpaired) electrons. The standard InChI is InChI=1S/C20H21NO4/c22-19(16-7-4-8-17(13-16)20(23)24)21(18-10-12-25-14-18)11-9-15-5-2-1-3-6-15/h1-8,13,18H,9-12,14H2,(H,23,24). The summed E-state index contributed by atoms with van der Waals surface area (Å²) in [6, 6.07) is 16.3. The minimum atomic E-state index is -1.03. The molecule has 2 aromatic rings. The Bertz CT molecular complexity index is 738. The van der Waals surface area contributed by atoms with Gasteiger partial charge in [-0.15, -0.1) is 0 Å². The number of aromatic carboxylic acids is 1. The molecule has 1 fully saturated rings. The van der Waals surface area contributed by atoms with Gasteiger partial charge in [0.1, 0.15) is 0 Å². The van der Waals surface area contributed by atoms with Gasteiger partial charge in [-0.1, -0.05) is 36.4 Å². The van der Waals surface area contributed by atoms with Gasteiger partial charge in [0.15, 0.2) is 0 Å². The molecule has 1 N–H and O–H groups in total. The number of carbonyl (C=O) groups is 2. The lowest BCUT2D eigenvalue weighted by Crippen LogP contribution is -2.42. The van der Waals surface area contributed by atoms with Gasteiger partial charge in [-0.3, -0.25) is 4.79 Å². The molecule has 1 atom stereocenters. The summed E-state index contributed by atoms with van der Waals surface area (Å²) in [5.74, 6) is -1.18. The maximum atomic E-state index is 13.0. The van der Waals surface area contributed by atoms with E-state index in [0.717, 1.165) is 12.8 Å². The molecule has 1 amide bonds. The van der Waals surface area contributed by atoms with Crippen molar-refractivity contribution in [3.8, 4) is 0 Å². The first-order valence-corrected chi connectivity index (χ1v) is 8.41. The molecular formula is C20H21NO4. The van der Waals surface area contributed by atoms with E-state index in [2.05, 4.69) is 0 Å². The Kier molecular flexibility index (Phi) is 5.46. The second kappa shape index (κ2) is 7.94. The molecule has 0 aliphatic carbocycles. The zero-order chi connectivity index (χ0) is 17.6. The number of ether oxygens (including phenoxy) is 1. The lowest BCUT2D eigenvalue weighted by atomic mass is 10.1. The average Bonchev–Trinajstić information content (AvgIpc) is 3.17. The fraction of sp³-hybridized carbons (Fsp3) is 0.300. The molecule has 0 aromatic heterocycles. The van der Waals surface area contributed by atoms with E-state index in [1.54, 1.807) is 12.1 Å². The molecular weight excluding hydrogens is 318 g/mol. The summed E-state index contributed by atoms with van der Waals surface area (Å²) in [5, 5.41) is 9.15. The Morgan fingerprint density at radius 2 is 1.84 bits per heavy atom. The van der Waals surface area contributed by atoms with Crippen LogP contribution in [-0.4, -0.2) is 47.7 Å². The zero-order valence-corrected chi connectivity index (χ0v) is 13.9. The minimum Gasteiger partial charge on any atom is -0.478 e. The fourth-order valence-electron chi connectivity index (χ4n) is 3.06. The SMILES string of the molecule is O=C(O)c1cccc(C(=O)N(CCc2ccccc2)C2CCOC2)c1. The predicted octanol–water partition coefficient (Wildman–Crippen LogP) is 2.86. The van der Waals surface area contributed by atoms with Crippen LogP contribution in [0.5, 0.6) is 0 Å². The van der Waals surface area contributed by atoms with Crippen molar-refractivity contribution < 1.29 is 19.4 Å². The van der Waals surface area contributed by atoms with E-state index in [4.69, 9.17) is 9.84 Å². The topological polar surface area (TPSA) is 66.8 Å². The highest BCUT2D eigenvalue weighted by Gasteiger charge is 2.28. The maximum absolute atomic E-state index is 13.0. The van der Waals surface area contributed by atoms with E-state index in [-0.39, 0.29) is 17.5 Å². The van der Waals surface area contributed by atoms with Gasteiger partial charge in [-0.2, -0.15) is 0 Å². The van der Waals surface area contributed by atoms with Crippen LogP contribution in [0.3, 0.4) is 0 Å². The number of carbonyl (C=O) groups excluding carboxylic acids is 1. The molecule has 1 saturated heterocycles. The van der Waals surface area contributed by atoms with Crippen molar-refractivity contribution in [1.29, 1.82) is 0 Å². The summed E-state index contributed by atoms with van der Waals surface area (Å²) in [5.41, 5.74) is 1.69. The van der Waals surface area contributed by atoms with Gasteiger partial charge in [0.05, 0.1) is 18.2 Å². The van der Waals surface area contributed by atoms with E-state index in [1.165, 1.54) is 17.7 Å².